The maximum atomic E-state index is 5.83. The van der Waals surface area contributed by atoms with Crippen molar-refractivity contribution in [1.29, 1.82) is 0 Å². The van der Waals surface area contributed by atoms with Gasteiger partial charge in [0, 0.05) is 44.5 Å². The van der Waals surface area contributed by atoms with Crippen LogP contribution in [-0.2, 0) is 17.9 Å². The first kappa shape index (κ1) is 22.1. The van der Waals surface area contributed by atoms with Gasteiger partial charge in [-0.2, -0.15) is 0 Å². The standard InChI is InChI=1S/C23H33N5O2/c1-3-24-23(26-16-19(2)28-11-13-29-14-12-28)27-17-21-9-10-25-22(15-21)30-18-20-7-5-4-6-8-20/h4-10,15,19H,3,11-14,16-18H2,1-2H3,(H2,24,26,27). The highest BCUT2D eigenvalue weighted by Gasteiger charge is 2.17. The lowest BCUT2D eigenvalue weighted by Gasteiger charge is -2.32. The number of aromatic nitrogens is 1. The highest BCUT2D eigenvalue weighted by molar-refractivity contribution is 5.79. The first-order valence-electron chi connectivity index (χ1n) is 10.7. The van der Waals surface area contributed by atoms with Crippen molar-refractivity contribution < 1.29 is 9.47 Å². The second-order valence-electron chi connectivity index (χ2n) is 7.35. The van der Waals surface area contributed by atoms with E-state index in [9.17, 15) is 0 Å². The molecular weight excluding hydrogens is 378 g/mol. The van der Waals surface area contributed by atoms with Gasteiger partial charge in [0.1, 0.15) is 6.61 Å². The van der Waals surface area contributed by atoms with Crippen molar-refractivity contribution >= 4 is 5.96 Å². The van der Waals surface area contributed by atoms with E-state index < -0.39 is 0 Å². The van der Waals surface area contributed by atoms with Crippen LogP contribution in [0.4, 0.5) is 0 Å². The van der Waals surface area contributed by atoms with Crippen LogP contribution < -0.4 is 15.4 Å². The lowest BCUT2D eigenvalue weighted by molar-refractivity contribution is 0.0211. The Labute approximate surface area is 179 Å². The van der Waals surface area contributed by atoms with E-state index in [1.165, 1.54) is 0 Å². The third kappa shape index (κ3) is 7.31. The molecule has 1 aromatic heterocycles. The molecule has 1 atom stereocenters. The van der Waals surface area contributed by atoms with Crippen molar-refractivity contribution in [1.82, 2.24) is 20.5 Å². The molecule has 0 aliphatic carbocycles. The molecule has 162 valence electrons. The normalized spacial score (nSPS) is 16.1. The SMILES string of the molecule is CCNC(=NCc1ccnc(OCc2ccccc2)c1)NCC(C)N1CCOCC1. The Morgan fingerprint density at radius 2 is 1.97 bits per heavy atom. The van der Waals surface area contributed by atoms with Crippen LogP contribution in [0, 0.1) is 0 Å². The highest BCUT2D eigenvalue weighted by atomic mass is 16.5. The molecule has 0 saturated carbocycles. The van der Waals surface area contributed by atoms with Crippen molar-refractivity contribution in [3.8, 4) is 5.88 Å². The van der Waals surface area contributed by atoms with Crippen LogP contribution in [0.2, 0.25) is 0 Å². The van der Waals surface area contributed by atoms with Gasteiger partial charge in [-0.3, -0.25) is 4.90 Å². The molecule has 0 spiro atoms. The number of morpholine rings is 1. The Bertz CT molecular complexity index is 778. The van der Waals surface area contributed by atoms with Gasteiger partial charge in [-0.25, -0.2) is 9.98 Å². The van der Waals surface area contributed by atoms with Gasteiger partial charge >= 0.3 is 0 Å². The lowest BCUT2D eigenvalue weighted by atomic mass is 10.2. The van der Waals surface area contributed by atoms with Crippen molar-refractivity contribution in [2.75, 3.05) is 39.4 Å². The summed E-state index contributed by atoms with van der Waals surface area (Å²) in [5.74, 6) is 1.44. The minimum atomic E-state index is 0.427. The van der Waals surface area contributed by atoms with E-state index in [-0.39, 0.29) is 0 Å². The monoisotopic (exact) mass is 411 g/mol. The third-order valence-corrected chi connectivity index (χ3v) is 5.03. The molecule has 2 heterocycles. The number of nitrogens with zero attached hydrogens (tertiary/aromatic N) is 3. The average Bonchev–Trinajstić information content (AvgIpc) is 2.81. The Kier molecular flexibility index (Phi) is 8.93. The van der Waals surface area contributed by atoms with Crippen LogP contribution >= 0.6 is 0 Å². The fraction of sp³-hybridized carbons (Fsp3) is 0.478. The number of rotatable bonds is 9. The predicted molar refractivity (Wildman–Crippen MR) is 120 cm³/mol. The van der Waals surface area contributed by atoms with Gasteiger partial charge in [-0.1, -0.05) is 30.3 Å². The second-order valence-corrected chi connectivity index (χ2v) is 7.35. The minimum Gasteiger partial charge on any atom is -0.473 e. The zero-order valence-corrected chi connectivity index (χ0v) is 18.0. The molecule has 1 aliphatic heterocycles. The van der Waals surface area contributed by atoms with Gasteiger partial charge in [-0.05, 0) is 31.0 Å². The number of ether oxygens (including phenoxy) is 2. The van der Waals surface area contributed by atoms with Crippen LogP contribution in [0.3, 0.4) is 0 Å². The average molecular weight is 412 g/mol. The zero-order valence-electron chi connectivity index (χ0n) is 18.0. The van der Waals surface area contributed by atoms with Gasteiger partial charge in [0.05, 0.1) is 19.8 Å². The van der Waals surface area contributed by atoms with E-state index in [2.05, 4.69) is 34.4 Å². The quantitative estimate of drug-likeness (QED) is 0.488. The Morgan fingerprint density at radius 1 is 1.17 bits per heavy atom. The van der Waals surface area contributed by atoms with Gasteiger partial charge in [-0.15, -0.1) is 0 Å². The van der Waals surface area contributed by atoms with E-state index in [0.717, 1.165) is 56.5 Å². The van der Waals surface area contributed by atoms with E-state index in [0.29, 0.717) is 25.1 Å². The largest absolute Gasteiger partial charge is 0.473 e. The molecule has 2 aromatic rings. The molecule has 1 unspecified atom stereocenters. The van der Waals surface area contributed by atoms with Gasteiger partial charge in [0.25, 0.3) is 0 Å². The number of hydrogen-bond acceptors (Lipinski definition) is 5. The molecule has 30 heavy (non-hydrogen) atoms. The summed E-state index contributed by atoms with van der Waals surface area (Å²) >= 11 is 0. The third-order valence-electron chi connectivity index (χ3n) is 5.03. The van der Waals surface area contributed by atoms with Crippen LogP contribution in [-0.4, -0.2) is 61.3 Å². The summed E-state index contributed by atoms with van der Waals surface area (Å²) in [5, 5.41) is 6.78. The van der Waals surface area contributed by atoms with E-state index in [1.807, 2.05) is 42.5 Å². The van der Waals surface area contributed by atoms with Crippen molar-refractivity contribution in [3.63, 3.8) is 0 Å². The maximum Gasteiger partial charge on any atom is 0.213 e. The molecule has 2 N–H and O–H groups in total. The summed E-state index contributed by atoms with van der Waals surface area (Å²) in [4.78, 5) is 11.5. The molecule has 0 amide bonds. The zero-order chi connectivity index (χ0) is 21.0. The number of hydrogen-bond donors (Lipinski definition) is 2. The topological polar surface area (TPSA) is 71.0 Å². The van der Waals surface area contributed by atoms with Crippen LogP contribution in [0.15, 0.2) is 53.7 Å². The summed E-state index contributed by atoms with van der Waals surface area (Å²) in [5.41, 5.74) is 2.18. The Morgan fingerprint density at radius 3 is 2.73 bits per heavy atom. The van der Waals surface area contributed by atoms with Gasteiger partial charge < -0.3 is 20.1 Å². The minimum absolute atomic E-state index is 0.427. The summed E-state index contributed by atoms with van der Waals surface area (Å²) in [6.45, 7) is 10.6. The molecule has 3 rings (SSSR count). The fourth-order valence-electron chi connectivity index (χ4n) is 3.26. The fourth-order valence-corrected chi connectivity index (χ4v) is 3.26. The van der Waals surface area contributed by atoms with Crippen LogP contribution in [0.5, 0.6) is 5.88 Å². The van der Waals surface area contributed by atoms with Gasteiger partial charge in [0.2, 0.25) is 5.88 Å². The molecule has 7 nitrogen and oxygen atoms in total. The molecule has 1 aliphatic rings. The van der Waals surface area contributed by atoms with Crippen molar-refractivity contribution in [3.05, 3.63) is 59.8 Å². The molecular formula is C23H33N5O2. The number of aliphatic imine (C=N–C) groups is 1. The van der Waals surface area contributed by atoms with Crippen LogP contribution in [0.1, 0.15) is 25.0 Å². The van der Waals surface area contributed by atoms with E-state index in [1.54, 1.807) is 6.20 Å². The first-order valence-corrected chi connectivity index (χ1v) is 10.7. The molecule has 1 fully saturated rings. The number of guanidine groups is 1. The second kappa shape index (κ2) is 12.1. The lowest BCUT2D eigenvalue weighted by Crippen LogP contribution is -2.49. The summed E-state index contributed by atoms with van der Waals surface area (Å²) in [7, 11) is 0. The van der Waals surface area contributed by atoms with Crippen molar-refractivity contribution in [2.45, 2.75) is 33.0 Å². The molecule has 1 aromatic carbocycles. The van der Waals surface area contributed by atoms with E-state index >= 15 is 0 Å². The molecule has 1 saturated heterocycles. The van der Waals surface area contributed by atoms with Crippen LogP contribution in [0.25, 0.3) is 0 Å². The summed E-state index contributed by atoms with van der Waals surface area (Å²) in [6, 6.07) is 14.4. The highest BCUT2D eigenvalue weighted by Crippen LogP contribution is 2.12. The Balaban J connectivity index is 1.52. The smallest absolute Gasteiger partial charge is 0.213 e. The summed E-state index contributed by atoms with van der Waals surface area (Å²) < 4.78 is 11.3. The molecule has 0 radical (unpaired) electrons. The number of nitrogens with one attached hydrogen (secondary N) is 2. The molecule has 7 heteroatoms. The van der Waals surface area contributed by atoms with Crippen molar-refractivity contribution in [2.24, 2.45) is 4.99 Å². The number of benzene rings is 1. The summed E-state index contributed by atoms with van der Waals surface area (Å²) in [6.07, 6.45) is 1.77. The predicted octanol–water partition coefficient (Wildman–Crippen LogP) is 2.44. The molecule has 0 bridgehead atoms. The van der Waals surface area contributed by atoms with Gasteiger partial charge in [0.15, 0.2) is 5.96 Å². The Hall–Kier alpha value is -2.64. The first-order chi connectivity index (χ1) is 14.7. The number of pyridine rings is 1. The van der Waals surface area contributed by atoms with E-state index in [4.69, 9.17) is 14.5 Å². The maximum absolute atomic E-state index is 5.83.